The van der Waals surface area contributed by atoms with Gasteiger partial charge in [-0.25, -0.2) is 4.79 Å². The number of carboxylic acid groups (broad SMARTS) is 1. The molecule has 2 aromatic rings. The van der Waals surface area contributed by atoms with Gasteiger partial charge < -0.3 is 14.6 Å². The Labute approximate surface area is 185 Å². The van der Waals surface area contributed by atoms with E-state index in [1.54, 1.807) is 0 Å². The lowest BCUT2D eigenvalue weighted by Crippen LogP contribution is -2.50. The van der Waals surface area contributed by atoms with Gasteiger partial charge in [0.1, 0.15) is 11.3 Å². The average Bonchev–Trinajstić information content (AvgIpc) is 3.00. The molecule has 0 radical (unpaired) electrons. The van der Waals surface area contributed by atoms with Gasteiger partial charge >= 0.3 is 5.97 Å². The standard InChI is InChI=1S/C23H25ClN2O5/c1-22(2)5-4-17-14-7-20(31-12-23(3)10-30-11-23)16(24)6-13(14)18-8-19(27)15(21(28)29)9-25(18)26(17)22/h6-9,17H,4-5,10-12H2,1-3H3,(H,28,29)/t17-/m1/s1. The van der Waals surface area contributed by atoms with Gasteiger partial charge in [0.2, 0.25) is 0 Å². The summed E-state index contributed by atoms with van der Waals surface area (Å²) in [4.78, 5) is 24.1. The lowest BCUT2D eigenvalue weighted by Gasteiger charge is -2.44. The Morgan fingerprint density at radius 3 is 2.68 bits per heavy atom. The van der Waals surface area contributed by atoms with E-state index in [2.05, 4.69) is 25.8 Å². The number of hydrogen-bond donors (Lipinski definition) is 1. The van der Waals surface area contributed by atoms with Gasteiger partial charge in [0, 0.05) is 23.2 Å². The van der Waals surface area contributed by atoms with Crippen molar-refractivity contribution in [1.82, 2.24) is 4.68 Å². The Balaban J connectivity index is 1.65. The molecule has 1 N–H and O–H groups in total. The first kappa shape index (κ1) is 20.4. The smallest absolute Gasteiger partial charge is 0.341 e. The van der Waals surface area contributed by atoms with Crippen LogP contribution < -0.4 is 15.2 Å². The first-order chi connectivity index (χ1) is 14.6. The lowest BCUT2D eigenvalue weighted by atomic mass is 9.90. The van der Waals surface area contributed by atoms with E-state index >= 15 is 0 Å². The summed E-state index contributed by atoms with van der Waals surface area (Å²) in [7, 11) is 0. The summed E-state index contributed by atoms with van der Waals surface area (Å²) < 4.78 is 13.2. The quantitative estimate of drug-likeness (QED) is 0.771. The fraction of sp³-hybridized carbons (Fsp3) is 0.478. The normalized spacial score (nSPS) is 22.2. The van der Waals surface area contributed by atoms with Crippen molar-refractivity contribution < 1.29 is 19.4 Å². The summed E-state index contributed by atoms with van der Waals surface area (Å²) in [5.41, 5.74) is 1.55. The Morgan fingerprint density at radius 2 is 2.03 bits per heavy atom. The molecule has 3 aliphatic rings. The molecule has 8 heteroatoms. The zero-order valence-corrected chi connectivity index (χ0v) is 18.5. The SMILES string of the molecule is CC1(COc2cc3c(cc2Cl)-c2cc(=O)c(C(=O)O)cn2N2[C@@H]3CCC2(C)C)COC1. The van der Waals surface area contributed by atoms with Gasteiger partial charge in [-0.2, -0.15) is 0 Å². The van der Waals surface area contributed by atoms with Crippen molar-refractivity contribution in [2.75, 3.05) is 24.8 Å². The minimum atomic E-state index is -1.23. The van der Waals surface area contributed by atoms with Gasteiger partial charge in [0.15, 0.2) is 5.43 Å². The van der Waals surface area contributed by atoms with Crippen LogP contribution >= 0.6 is 11.6 Å². The number of carbonyl (C=O) groups is 1. The second-order valence-electron chi connectivity index (χ2n) is 9.76. The van der Waals surface area contributed by atoms with Gasteiger partial charge in [-0.15, -0.1) is 0 Å². The monoisotopic (exact) mass is 444 g/mol. The minimum absolute atomic E-state index is 0.00619. The van der Waals surface area contributed by atoms with Crippen LogP contribution in [0, 0.1) is 5.41 Å². The maximum Gasteiger partial charge on any atom is 0.341 e. The molecule has 1 aromatic heterocycles. The maximum atomic E-state index is 12.5. The molecule has 0 amide bonds. The number of nitrogens with zero attached hydrogens (tertiary/aromatic N) is 2. The second kappa shape index (κ2) is 6.74. The third-order valence-electron chi connectivity index (χ3n) is 6.66. The fourth-order valence-corrected chi connectivity index (χ4v) is 5.12. The molecule has 5 rings (SSSR count). The van der Waals surface area contributed by atoms with Crippen LogP contribution in [-0.4, -0.2) is 41.1 Å². The Kier molecular flexibility index (Phi) is 4.44. The first-order valence-corrected chi connectivity index (χ1v) is 10.8. The van der Waals surface area contributed by atoms with E-state index < -0.39 is 11.4 Å². The number of aromatic carboxylic acids is 1. The number of halogens is 1. The number of carboxylic acids is 1. The van der Waals surface area contributed by atoms with Crippen molar-refractivity contribution in [2.24, 2.45) is 5.41 Å². The molecule has 1 aromatic carbocycles. The number of ether oxygens (including phenoxy) is 2. The largest absolute Gasteiger partial charge is 0.491 e. The highest BCUT2D eigenvalue weighted by atomic mass is 35.5. The molecule has 31 heavy (non-hydrogen) atoms. The van der Waals surface area contributed by atoms with E-state index in [0.717, 1.165) is 24.0 Å². The van der Waals surface area contributed by atoms with Crippen molar-refractivity contribution >= 4 is 17.6 Å². The Morgan fingerprint density at radius 1 is 1.29 bits per heavy atom. The van der Waals surface area contributed by atoms with Gasteiger partial charge in [-0.3, -0.25) is 14.5 Å². The van der Waals surface area contributed by atoms with Gasteiger partial charge in [-0.05, 0) is 44.4 Å². The van der Waals surface area contributed by atoms with Crippen molar-refractivity contribution in [3.8, 4) is 17.0 Å². The maximum absolute atomic E-state index is 12.5. The van der Waals surface area contributed by atoms with Crippen LogP contribution in [0.1, 0.15) is 55.6 Å². The first-order valence-electron chi connectivity index (χ1n) is 10.4. The number of benzene rings is 1. The van der Waals surface area contributed by atoms with Crippen molar-refractivity contribution in [3.05, 3.63) is 50.8 Å². The summed E-state index contributed by atoms with van der Waals surface area (Å²) in [5, 5.41) is 12.1. The van der Waals surface area contributed by atoms with Crippen molar-refractivity contribution in [1.29, 1.82) is 0 Å². The molecule has 0 saturated carbocycles. The number of fused-ring (bicyclic) bond motifs is 6. The summed E-state index contributed by atoms with van der Waals surface area (Å²) in [6, 6.07) is 5.25. The molecule has 3 aliphatic heterocycles. The average molecular weight is 445 g/mol. The summed E-state index contributed by atoms with van der Waals surface area (Å²) in [6.07, 6.45) is 3.28. The molecule has 0 spiro atoms. The van der Waals surface area contributed by atoms with Crippen LogP contribution in [0.5, 0.6) is 5.75 Å². The molecule has 164 valence electrons. The van der Waals surface area contributed by atoms with Gasteiger partial charge in [0.05, 0.1) is 42.1 Å². The molecule has 1 atom stereocenters. The van der Waals surface area contributed by atoms with E-state index in [4.69, 9.17) is 21.1 Å². The predicted octanol–water partition coefficient (Wildman–Crippen LogP) is 3.85. The number of aromatic nitrogens is 1. The third-order valence-corrected chi connectivity index (χ3v) is 6.95. The van der Waals surface area contributed by atoms with Crippen LogP contribution in [-0.2, 0) is 4.74 Å². The molecular formula is C23H25ClN2O5. The summed E-state index contributed by atoms with van der Waals surface area (Å²) >= 11 is 6.59. The van der Waals surface area contributed by atoms with Crippen LogP contribution in [0.3, 0.4) is 0 Å². The number of pyridine rings is 1. The topological polar surface area (TPSA) is 81.0 Å². The molecule has 4 heterocycles. The van der Waals surface area contributed by atoms with E-state index in [9.17, 15) is 14.7 Å². The molecule has 0 unspecified atom stereocenters. The van der Waals surface area contributed by atoms with Crippen LogP contribution in [0.4, 0.5) is 0 Å². The molecule has 2 saturated heterocycles. The minimum Gasteiger partial charge on any atom is -0.491 e. The number of rotatable bonds is 4. The van der Waals surface area contributed by atoms with Crippen LogP contribution in [0.25, 0.3) is 11.3 Å². The highest BCUT2D eigenvalue weighted by Gasteiger charge is 2.45. The van der Waals surface area contributed by atoms with Gasteiger partial charge in [-0.1, -0.05) is 18.5 Å². The highest BCUT2D eigenvalue weighted by molar-refractivity contribution is 6.32. The van der Waals surface area contributed by atoms with E-state index in [1.165, 1.54) is 12.3 Å². The molecule has 0 aliphatic carbocycles. The van der Waals surface area contributed by atoms with E-state index in [-0.39, 0.29) is 22.6 Å². The van der Waals surface area contributed by atoms with Crippen LogP contribution in [0.15, 0.2) is 29.2 Å². The lowest BCUT2D eigenvalue weighted by molar-refractivity contribution is -0.120. The van der Waals surface area contributed by atoms with Crippen molar-refractivity contribution in [3.63, 3.8) is 0 Å². The second-order valence-corrected chi connectivity index (χ2v) is 10.2. The zero-order chi connectivity index (χ0) is 22.1. The van der Waals surface area contributed by atoms with Crippen molar-refractivity contribution in [2.45, 2.75) is 45.2 Å². The Bertz CT molecular complexity index is 1150. The van der Waals surface area contributed by atoms with E-state index in [1.807, 2.05) is 16.8 Å². The fourth-order valence-electron chi connectivity index (χ4n) is 4.90. The Hall–Kier alpha value is -2.51. The zero-order valence-electron chi connectivity index (χ0n) is 17.8. The molecule has 0 bridgehead atoms. The summed E-state index contributed by atoms with van der Waals surface area (Å²) in [6.45, 7) is 8.23. The molecular weight excluding hydrogens is 420 g/mol. The highest BCUT2D eigenvalue weighted by Crippen LogP contribution is 2.50. The summed E-state index contributed by atoms with van der Waals surface area (Å²) in [5.74, 6) is -0.606. The molecule has 2 fully saturated rings. The van der Waals surface area contributed by atoms with E-state index in [0.29, 0.717) is 36.3 Å². The molecule has 7 nitrogen and oxygen atoms in total. The number of hydrogen-bond acceptors (Lipinski definition) is 5. The van der Waals surface area contributed by atoms with Crippen LogP contribution in [0.2, 0.25) is 5.02 Å². The predicted molar refractivity (Wildman–Crippen MR) is 117 cm³/mol. The van der Waals surface area contributed by atoms with Gasteiger partial charge in [0.25, 0.3) is 0 Å². The third kappa shape index (κ3) is 3.13.